The highest BCUT2D eigenvalue weighted by atomic mass is 19.1. The van der Waals surface area contributed by atoms with Gasteiger partial charge in [0.2, 0.25) is 0 Å². The molecule has 0 amide bonds. The summed E-state index contributed by atoms with van der Waals surface area (Å²) in [7, 11) is 0. The lowest BCUT2D eigenvalue weighted by atomic mass is 9.67. The van der Waals surface area contributed by atoms with Crippen LogP contribution in [0.3, 0.4) is 0 Å². The van der Waals surface area contributed by atoms with Gasteiger partial charge in [0.05, 0.1) is 37.4 Å². The van der Waals surface area contributed by atoms with E-state index in [1.807, 2.05) is 12.1 Å². The Morgan fingerprint density at radius 3 is 1.27 bits per heavy atom. The summed E-state index contributed by atoms with van der Waals surface area (Å²) in [6.45, 7) is 6.22. The molecule has 0 unspecified atom stereocenters. The summed E-state index contributed by atoms with van der Waals surface area (Å²) in [5.41, 5.74) is 6.90. The molecule has 2 spiro atoms. The number of fused-ring (bicyclic) bond motifs is 8. The number of benzene rings is 4. The van der Waals surface area contributed by atoms with Crippen LogP contribution in [0.2, 0.25) is 0 Å². The molecule has 2 saturated heterocycles. The maximum atomic E-state index is 13.9. The molecule has 4 aromatic carbocycles. The number of carboxylic acid groups (broad SMARTS) is 3. The van der Waals surface area contributed by atoms with Gasteiger partial charge in [0.1, 0.15) is 22.8 Å². The Bertz CT molecular complexity index is 2730. The number of aromatic amines is 2. The van der Waals surface area contributed by atoms with Gasteiger partial charge >= 0.3 is 17.9 Å². The highest BCUT2D eigenvalue weighted by molar-refractivity contribution is 5.88. The number of likely N-dealkylation sites (tertiary alicyclic amines) is 2. The molecular formula is C56H62F2N4O9. The van der Waals surface area contributed by atoms with Crippen molar-refractivity contribution in [2.45, 2.75) is 118 Å². The van der Waals surface area contributed by atoms with E-state index in [0.717, 1.165) is 99.2 Å². The van der Waals surface area contributed by atoms with Crippen molar-refractivity contribution >= 4 is 39.7 Å². The molecule has 2 aliphatic carbocycles. The molecule has 6 aromatic rings. The summed E-state index contributed by atoms with van der Waals surface area (Å²) in [5.74, 6) is -5.34. The second-order valence-electron chi connectivity index (χ2n) is 20.5. The quantitative estimate of drug-likeness (QED) is 0.0811. The Hall–Kier alpha value is -5.97. The molecule has 6 heterocycles. The molecule has 374 valence electrons. The van der Waals surface area contributed by atoms with E-state index in [-0.39, 0.29) is 33.9 Å². The fourth-order valence-corrected chi connectivity index (χ4v) is 12.8. The number of nitrogens with one attached hydrogen (secondary N) is 2. The summed E-state index contributed by atoms with van der Waals surface area (Å²) in [6, 6.07) is 32.3. The van der Waals surface area contributed by atoms with Crippen molar-refractivity contribution in [1.82, 2.24) is 19.8 Å². The van der Waals surface area contributed by atoms with E-state index >= 15 is 0 Å². The molecule has 13 nitrogen and oxygen atoms in total. The Balaban J connectivity index is 0.000000133. The van der Waals surface area contributed by atoms with E-state index in [0.29, 0.717) is 0 Å². The van der Waals surface area contributed by atoms with Crippen LogP contribution in [0.4, 0.5) is 8.78 Å². The predicted molar refractivity (Wildman–Crippen MR) is 262 cm³/mol. The van der Waals surface area contributed by atoms with Crippen LogP contribution in [-0.4, -0.2) is 103 Å². The molecule has 4 fully saturated rings. The minimum Gasteiger partial charge on any atom is -0.481 e. The first-order chi connectivity index (χ1) is 34.2. The van der Waals surface area contributed by atoms with E-state index in [2.05, 4.69) is 80.4 Å². The van der Waals surface area contributed by atoms with Crippen LogP contribution in [0.1, 0.15) is 111 Å². The first-order valence-corrected chi connectivity index (χ1v) is 25.1. The van der Waals surface area contributed by atoms with Gasteiger partial charge in [-0.05, 0) is 136 Å². The fraction of sp³-hybridized carbons (Fsp3) is 0.446. The number of hydrogen-bond acceptors (Lipinski definition) is 8. The van der Waals surface area contributed by atoms with Crippen LogP contribution in [-0.2, 0) is 59.0 Å². The molecule has 6 aliphatic rings. The number of halogens is 2. The highest BCUT2D eigenvalue weighted by Crippen LogP contribution is 2.55. The molecule has 71 heavy (non-hydrogen) atoms. The molecular weight excluding hydrogens is 911 g/mol. The Kier molecular flexibility index (Phi) is 13.2. The number of carboxylic acids is 3. The van der Waals surface area contributed by atoms with Gasteiger partial charge in [-0.3, -0.25) is 19.4 Å². The number of aliphatic carboxylic acids is 3. The zero-order valence-corrected chi connectivity index (χ0v) is 39.9. The number of aromatic nitrogens is 2. The first kappa shape index (κ1) is 48.6. The number of carbonyl (C=O) groups is 3. The Labute approximate surface area is 410 Å². The van der Waals surface area contributed by atoms with Crippen LogP contribution in [0.25, 0.3) is 21.8 Å². The molecule has 12 rings (SSSR count). The number of aliphatic hydroxyl groups is 1. The van der Waals surface area contributed by atoms with Crippen molar-refractivity contribution in [2.75, 3.05) is 39.4 Å². The molecule has 0 atom stereocenters. The number of ether oxygens (including phenoxy) is 2. The number of hydrogen-bond donors (Lipinski definition) is 6. The second kappa shape index (κ2) is 19.2. The van der Waals surface area contributed by atoms with Crippen molar-refractivity contribution in [2.24, 2.45) is 0 Å². The zero-order valence-electron chi connectivity index (χ0n) is 39.9. The molecule has 0 bridgehead atoms. The van der Waals surface area contributed by atoms with Crippen molar-refractivity contribution < 1.29 is 53.1 Å². The third kappa shape index (κ3) is 8.94. The minimum absolute atomic E-state index is 0.129. The van der Waals surface area contributed by atoms with E-state index in [4.69, 9.17) is 29.9 Å². The summed E-state index contributed by atoms with van der Waals surface area (Å²) < 4.78 is 40.8. The van der Waals surface area contributed by atoms with Gasteiger partial charge in [-0.15, -0.1) is 0 Å². The summed E-state index contributed by atoms with van der Waals surface area (Å²) in [6.07, 6.45) is 10.4. The van der Waals surface area contributed by atoms with Gasteiger partial charge in [-0.1, -0.05) is 60.7 Å². The fourth-order valence-electron chi connectivity index (χ4n) is 12.8. The smallest absolute Gasteiger partial charge is 0.336 e. The minimum atomic E-state index is -2.74. The normalized spacial score (nSPS) is 26.2. The molecule has 0 radical (unpaired) electrons. The average Bonchev–Trinajstić information content (AvgIpc) is 3.89. The van der Waals surface area contributed by atoms with Crippen LogP contribution < -0.4 is 0 Å². The summed E-state index contributed by atoms with van der Waals surface area (Å²) in [4.78, 5) is 43.1. The topological polar surface area (TPSA) is 189 Å². The van der Waals surface area contributed by atoms with Gasteiger partial charge < -0.3 is 39.9 Å². The molecule has 6 N–H and O–H groups in total. The summed E-state index contributed by atoms with van der Waals surface area (Å²) >= 11 is 0. The monoisotopic (exact) mass is 972 g/mol. The lowest BCUT2D eigenvalue weighted by molar-refractivity contribution is -0.170. The van der Waals surface area contributed by atoms with E-state index in [1.165, 1.54) is 72.7 Å². The van der Waals surface area contributed by atoms with Crippen LogP contribution in [0, 0.1) is 11.6 Å². The lowest BCUT2D eigenvalue weighted by Crippen LogP contribution is -2.57. The first-order valence-electron chi connectivity index (χ1n) is 25.1. The average molecular weight is 973 g/mol. The third-order valence-corrected chi connectivity index (χ3v) is 16.7. The number of nitrogens with zero attached hydrogens (tertiary/aromatic N) is 2. The predicted octanol–water partition coefficient (Wildman–Crippen LogP) is 9.25. The van der Waals surface area contributed by atoms with Gasteiger partial charge in [-0.25, -0.2) is 13.6 Å². The van der Waals surface area contributed by atoms with Gasteiger partial charge in [0.15, 0.2) is 5.60 Å². The van der Waals surface area contributed by atoms with Crippen LogP contribution in [0.5, 0.6) is 0 Å². The summed E-state index contributed by atoms with van der Waals surface area (Å²) in [5, 5.41) is 35.9. The standard InChI is InChI=1S/2C25H27FN2O.C6H8O7/c2*26-19-7-8-22-21(17-19)20-9-16-29-25(23(20)27-22)12-10-24(11-13-25,28-14-4-15-28)18-5-2-1-3-6-18;7-3(8)1-6(13,5(11)12)2-4(9)10/h2*1-3,5-8,17,27H,4,9-16H2;13H,1-2H2,(H,7,8)(H,9,10)(H,11,12). The maximum Gasteiger partial charge on any atom is 0.336 e. The lowest BCUT2D eigenvalue weighted by Gasteiger charge is -2.55. The second-order valence-corrected chi connectivity index (χ2v) is 20.5. The van der Waals surface area contributed by atoms with Gasteiger partial charge in [0, 0.05) is 59.1 Å². The number of rotatable bonds is 9. The molecule has 15 heteroatoms. The SMILES string of the molecule is Fc1ccc2[nH]c3c(c2c1)CCOC31CCC(c2ccccc2)(N2CCC2)CC1.Fc1ccc2[nH]c3c(c2c1)CCOC31CCC(c2ccccc2)(N2CCC2)CC1.O=C(O)CC(O)(CC(=O)O)C(=O)O. The van der Waals surface area contributed by atoms with Crippen LogP contribution >= 0.6 is 0 Å². The van der Waals surface area contributed by atoms with Gasteiger partial charge in [0.25, 0.3) is 0 Å². The largest absolute Gasteiger partial charge is 0.481 e. The highest BCUT2D eigenvalue weighted by Gasteiger charge is 2.53. The number of H-pyrrole nitrogens is 2. The van der Waals surface area contributed by atoms with Crippen LogP contribution in [0.15, 0.2) is 97.1 Å². The van der Waals surface area contributed by atoms with Crippen molar-refractivity contribution in [3.63, 3.8) is 0 Å². The molecule has 2 saturated carbocycles. The van der Waals surface area contributed by atoms with Crippen molar-refractivity contribution in [3.05, 3.63) is 142 Å². The maximum absolute atomic E-state index is 13.9. The Morgan fingerprint density at radius 1 is 0.563 bits per heavy atom. The van der Waals surface area contributed by atoms with E-state index in [9.17, 15) is 23.2 Å². The van der Waals surface area contributed by atoms with Gasteiger partial charge in [-0.2, -0.15) is 0 Å². The zero-order chi connectivity index (χ0) is 49.6. The van der Waals surface area contributed by atoms with E-state index < -0.39 is 36.4 Å². The van der Waals surface area contributed by atoms with E-state index in [1.54, 1.807) is 24.3 Å². The molecule has 4 aliphatic heterocycles. The van der Waals surface area contributed by atoms with Crippen molar-refractivity contribution in [3.8, 4) is 0 Å². The Morgan fingerprint density at radius 2 is 0.944 bits per heavy atom. The molecule has 2 aromatic heterocycles. The van der Waals surface area contributed by atoms with Crippen molar-refractivity contribution in [1.29, 1.82) is 0 Å². The third-order valence-electron chi connectivity index (χ3n) is 16.7.